The van der Waals surface area contributed by atoms with Crippen molar-refractivity contribution in [2.45, 2.75) is 57.5 Å². The number of β-amino-alcohol motifs (C(OH)–C–C–N with tert-alkyl or cyclic N) is 1. The summed E-state index contributed by atoms with van der Waals surface area (Å²) in [5.74, 6) is -1.84. The predicted octanol–water partition coefficient (Wildman–Crippen LogP) is 3.84. The molecule has 8 heteroatoms. The third-order valence-corrected chi connectivity index (χ3v) is 7.82. The third-order valence-electron chi connectivity index (χ3n) is 7.82. The van der Waals surface area contributed by atoms with Crippen LogP contribution in [0.3, 0.4) is 0 Å². The summed E-state index contributed by atoms with van der Waals surface area (Å²) < 4.78 is 13.1. The van der Waals surface area contributed by atoms with Gasteiger partial charge in [0.2, 0.25) is 0 Å². The number of aliphatic hydroxyl groups is 1. The van der Waals surface area contributed by atoms with Gasteiger partial charge in [-0.15, -0.1) is 0 Å². The van der Waals surface area contributed by atoms with Gasteiger partial charge in [0.1, 0.15) is 6.04 Å². The highest BCUT2D eigenvalue weighted by Gasteiger charge is 2.40. The molecule has 0 amide bonds. The third kappa shape index (κ3) is 8.08. The van der Waals surface area contributed by atoms with Gasteiger partial charge in [0, 0.05) is 37.9 Å². The summed E-state index contributed by atoms with van der Waals surface area (Å²) in [5, 5.41) is 22.7. The normalized spacial score (nSPS) is 23.7. The van der Waals surface area contributed by atoms with Crippen LogP contribution in [-0.4, -0.2) is 83.4 Å². The molecule has 1 fully saturated rings. The number of rotatable bonds is 15. The summed E-state index contributed by atoms with van der Waals surface area (Å²) in [6.45, 7) is 8.24. The van der Waals surface area contributed by atoms with Crippen molar-refractivity contribution in [1.82, 2.24) is 15.2 Å². The van der Waals surface area contributed by atoms with Gasteiger partial charge in [-0.3, -0.25) is 9.78 Å². The monoisotopic (exact) mass is 549 g/mol. The summed E-state index contributed by atoms with van der Waals surface area (Å²) in [6.07, 6.45) is 12.0. The van der Waals surface area contributed by atoms with Gasteiger partial charge in [-0.2, -0.15) is 0 Å². The minimum absolute atomic E-state index is 0.0440. The summed E-state index contributed by atoms with van der Waals surface area (Å²) in [6, 6.07) is 11.4. The number of aromatic nitrogens is 1. The number of benzene rings is 1. The molecular weight excluding hydrogens is 506 g/mol. The zero-order valence-electron chi connectivity index (χ0n) is 23.7. The SMILES string of the molecule is Cc1ccccc1C1=CC=CC(OCCCNC(Cc2cccnc2)C(=O)O)(OCCCN2CC[C@@H](O)C2)C1C. The number of aliphatic carboxylic acids is 1. The van der Waals surface area contributed by atoms with Crippen LogP contribution in [0, 0.1) is 12.8 Å². The highest BCUT2D eigenvalue weighted by Crippen LogP contribution is 2.40. The molecule has 0 spiro atoms. The Hall–Kier alpha value is -2.88. The fraction of sp³-hybridized carbons (Fsp3) is 0.500. The molecule has 216 valence electrons. The Balaban J connectivity index is 1.36. The summed E-state index contributed by atoms with van der Waals surface area (Å²) in [5.41, 5.74) is 4.44. The van der Waals surface area contributed by atoms with E-state index >= 15 is 0 Å². The number of allylic oxidation sites excluding steroid dienone is 2. The Morgan fingerprint density at radius 2 is 2.00 bits per heavy atom. The van der Waals surface area contributed by atoms with E-state index in [9.17, 15) is 15.0 Å². The lowest BCUT2D eigenvalue weighted by atomic mass is 9.82. The second-order valence-electron chi connectivity index (χ2n) is 10.8. The maximum absolute atomic E-state index is 11.8. The first kappa shape index (κ1) is 30.1. The van der Waals surface area contributed by atoms with Crippen molar-refractivity contribution in [3.8, 4) is 0 Å². The predicted molar refractivity (Wildman–Crippen MR) is 156 cm³/mol. The van der Waals surface area contributed by atoms with E-state index in [1.54, 1.807) is 12.4 Å². The molecule has 1 aliphatic carbocycles. The number of hydrogen-bond donors (Lipinski definition) is 3. The Morgan fingerprint density at radius 1 is 1.20 bits per heavy atom. The molecular formula is C32H43N3O5. The number of pyridine rings is 1. The van der Waals surface area contributed by atoms with Gasteiger partial charge in [0.25, 0.3) is 0 Å². The first-order chi connectivity index (χ1) is 19.4. The van der Waals surface area contributed by atoms with Crippen LogP contribution in [0.5, 0.6) is 0 Å². The Kier molecular flexibility index (Phi) is 11.0. The molecule has 8 nitrogen and oxygen atoms in total. The topological polar surface area (TPSA) is 104 Å². The first-order valence-electron chi connectivity index (χ1n) is 14.4. The van der Waals surface area contributed by atoms with Gasteiger partial charge in [-0.1, -0.05) is 49.4 Å². The van der Waals surface area contributed by atoms with E-state index in [0.29, 0.717) is 32.6 Å². The first-order valence-corrected chi connectivity index (χ1v) is 14.4. The fourth-order valence-corrected chi connectivity index (χ4v) is 5.52. The minimum atomic E-state index is -0.918. The lowest BCUT2D eigenvalue weighted by molar-refractivity contribution is -0.223. The van der Waals surface area contributed by atoms with Crippen molar-refractivity contribution in [2.75, 3.05) is 39.4 Å². The van der Waals surface area contributed by atoms with E-state index < -0.39 is 17.8 Å². The number of carboxylic acid groups (broad SMARTS) is 1. The lowest BCUT2D eigenvalue weighted by Crippen LogP contribution is -2.44. The van der Waals surface area contributed by atoms with Gasteiger partial charge in [-0.25, -0.2) is 0 Å². The highest BCUT2D eigenvalue weighted by atomic mass is 16.7. The van der Waals surface area contributed by atoms with Crippen LogP contribution < -0.4 is 5.32 Å². The Morgan fingerprint density at radius 3 is 2.70 bits per heavy atom. The van der Waals surface area contributed by atoms with E-state index in [4.69, 9.17) is 9.47 Å². The van der Waals surface area contributed by atoms with Crippen LogP contribution in [0.15, 0.2) is 67.0 Å². The summed E-state index contributed by atoms with van der Waals surface area (Å²) in [4.78, 5) is 18.2. The van der Waals surface area contributed by atoms with Crippen molar-refractivity contribution in [3.05, 3.63) is 83.7 Å². The zero-order valence-corrected chi connectivity index (χ0v) is 23.7. The summed E-state index contributed by atoms with van der Waals surface area (Å²) in [7, 11) is 0. The minimum Gasteiger partial charge on any atom is -0.480 e. The number of carboxylic acids is 1. The molecule has 0 saturated carbocycles. The van der Waals surface area contributed by atoms with Gasteiger partial charge in [0.05, 0.1) is 19.3 Å². The zero-order chi connectivity index (χ0) is 28.4. The van der Waals surface area contributed by atoms with Gasteiger partial charge in [0.15, 0.2) is 5.79 Å². The molecule has 40 heavy (non-hydrogen) atoms. The van der Waals surface area contributed by atoms with Crippen LogP contribution in [0.4, 0.5) is 0 Å². The molecule has 3 N–H and O–H groups in total. The maximum atomic E-state index is 11.8. The van der Waals surface area contributed by atoms with Crippen LogP contribution in [0.1, 0.15) is 42.9 Å². The van der Waals surface area contributed by atoms with Crippen molar-refractivity contribution in [3.63, 3.8) is 0 Å². The number of aliphatic hydroxyl groups excluding tert-OH is 1. The van der Waals surface area contributed by atoms with Gasteiger partial charge < -0.3 is 29.9 Å². The molecule has 2 heterocycles. The van der Waals surface area contributed by atoms with Crippen LogP contribution >= 0.6 is 0 Å². The lowest BCUT2D eigenvalue weighted by Gasteiger charge is -2.40. The van der Waals surface area contributed by atoms with E-state index in [-0.39, 0.29) is 12.0 Å². The van der Waals surface area contributed by atoms with Crippen molar-refractivity contribution < 1.29 is 24.5 Å². The smallest absolute Gasteiger partial charge is 0.321 e. The van der Waals surface area contributed by atoms with Crippen LogP contribution in [0.25, 0.3) is 5.57 Å². The average molecular weight is 550 g/mol. The van der Waals surface area contributed by atoms with Crippen molar-refractivity contribution in [1.29, 1.82) is 0 Å². The van der Waals surface area contributed by atoms with E-state index in [1.807, 2.05) is 30.4 Å². The Bertz CT molecular complexity index is 1150. The molecule has 1 saturated heterocycles. The average Bonchev–Trinajstić information content (AvgIpc) is 3.37. The molecule has 0 bridgehead atoms. The van der Waals surface area contributed by atoms with Crippen LogP contribution in [-0.2, 0) is 20.7 Å². The molecule has 2 aliphatic rings. The quantitative estimate of drug-likeness (QED) is 0.227. The Labute approximate surface area is 237 Å². The van der Waals surface area contributed by atoms with Gasteiger partial charge >= 0.3 is 5.97 Å². The number of carbonyl (C=O) groups is 1. The molecule has 1 aromatic heterocycles. The van der Waals surface area contributed by atoms with Crippen molar-refractivity contribution >= 4 is 11.5 Å². The molecule has 4 rings (SSSR count). The second-order valence-corrected chi connectivity index (χ2v) is 10.8. The maximum Gasteiger partial charge on any atom is 0.321 e. The molecule has 1 aromatic carbocycles. The number of hydrogen-bond acceptors (Lipinski definition) is 7. The standard InChI is InChI=1S/C32H43N3O5/c1-24-9-3-4-11-28(24)29-12-5-14-32(25(29)2,40-20-8-17-35-18-13-27(36)23-35)39-19-7-16-34-30(31(37)38)21-26-10-6-15-33-22-26/h3-6,9-12,14-15,22,25,27,30,34,36H,7-8,13,16-21,23H2,1-2H3,(H,37,38)/t25?,27-,30?,32?/m1/s1. The van der Waals surface area contributed by atoms with E-state index in [2.05, 4.69) is 53.3 Å². The number of ether oxygens (including phenoxy) is 2. The van der Waals surface area contributed by atoms with E-state index in [1.165, 1.54) is 16.7 Å². The molecule has 1 aliphatic heterocycles. The highest BCUT2D eigenvalue weighted by molar-refractivity contribution is 5.74. The molecule has 0 radical (unpaired) electrons. The van der Waals surface area contributed by atoms with Crippen molar-refractivity contribution in [2.24, 2.45) is 5.92 Å². The second kappa shape index (κ2) is 14.7. The number of likely N-dealkylation sites (tertiary alicyclic amines) is 1. The molecule has 4 atom stereocenters. The number of nitrogens with zero attached hydrogens (tertiary/aromatic N) is 2. The van der Waals surface area contributed by atoms with E-state index in [0.717, 1.165) is 38.0 Å². The van der Waals surface area contributed by atoms with Gasteiger partial charge in [-0.05, 0) is 73.6 Å². The number of nitrogens with one attached hydrogen (secondary N) is 1. The van der Waals surface area contributed by atoms with Crippen LogP contribution in [0.2, 0.25) is 0 Å². The molecule has 3 unspecified atom stereocenters. The fourth-order valence-electron chi connectivity index (χ4n) is 5.52. The number of aryl methyl sites for hydroxylation is 1. The largest absolute Gasteiger partial charge is 0.480 e. The molecule has 2 aromatic rings. The summed E-state index contributed by atoms with van der Waals surface area (Å²) >= 11 is 0.